The minimum absolute atomic E-state index is 0.899. The molecule has 0 spiro atoms. The van der Waals surface area contributed by atoms with Crippen molar-refractivity contribution < 1.29 is 53.0 Å². The molecule has 12 nitrogen and oxygen atoms in total. The Morgan fingerprint density at radius 2 is 0.564 bits per heavy atom. The molecule has 0 unspecified atom stereocenters. The van der Waals surface area contributed by atoms with E-state index < -0.39 is 28.0 Å². The predicted molar refractivity (Wildman–Crippen MR) is 230 cm³/mol. The molecule has 0 bridgehead atoms. The van der Waals surface area contributed by atoms with Crippen LogP contribution in [0.4, 0.5) is 0 Å². The Labute approximate surface area is 344 Å². The number of hydrogen-bond donors (Lipinski definition) is 0. The van der Waals surface area contributed by atoms with E-state index in [0.717, 1.165) is 47.0 Å². The molecule has 0 rings (SSSR count). The maximum Gasteiger partial charge on any atom is 0.500 e. The van der Waals surface area contributed by atoms with Crippen LogP contribution in [0, 0.1) is 0 Å². The Morgan fingerprint density at radius 3 is 0.764 bits per heavy atom. The van der Waals surface area contributed by atoms with E-state index in [9.17, 15) is 0 Å². The van der Waals surface area contributed by atoms with Crippen LogP contribution in [0.5, 0.6) is 0 Å². The predicted octanol–water partition coefficient (Wildman–Crippen LogP) is 9.17. The second kappa shape index (κ2) is 37.0. The Balaban J connectivity index is -0.000000874. The summed E-state index contributed by atoms with van der Waals surface area (Å²) in [4.78, 5) is 0. The average molecular weight is 849 g/mol. The van der Waals surface area contributed by atoms with Crippen LogP contribution in [-0.2, 0) is 37.0 Å². The van der Waals surface area contributed by atoms with Gasteiger partial charge < -0.3 is 44.6 Å². The van der Waals surface area contributed by atoms with Gasteiger partial charge in [0.15, 0.2) is 0 Å². The van der Waals surface area contributed by atoms with Crippen LogP contribution in [0.15, 0.2) is 0 Å². The second-order valence-electron chi connectivity index (χ2n) is 16.3. The first-order valence-electron chi connectivity index (χ1n) is 21.5. The van der Waals surface area contributed by atoms with E-state index in [4.69, 9.17) is 44.1 Å². The summed E-state index contributed by atoms with van der Waals surface area (Å²) in [6, 6.07) is 1.80. The van der Waals surface area contributed by atoms with Gasteiger partial charge in [-0.15, -0.1) is 0 Å². The van der Waals surface area contributed by atoms with Gasteiger partial charge >= 0.3 is 17.6 Å². The molecule has 0 heterocycles. The molecule has 0 fully saturated rings. The first-order chi connectivity index (χ1) is 25.9. The van der Waals surface area contributed by atoms with Gasteiger partial charge in [0.25, 0.3) is 0 Å². The van der Waals surface area contributed by atoms with Gasteiger partial charge in [0.2, 0.25) is 0 Å². The fourth-order valence-electron chi connectivity index (χ4n) is 6.84. The van der Waals surface area contributed by atoms with Crippen molar-refractivity contribution in [1.29, 1.82) is 0 Å². The molecule has 0 radical (unpaired) electrons. The van der Waals surface area contributed by atoms with E-state index >= 15 is 0 Å². The molecular formula is C40H92N2O10SSi2. The third-order valence-electron chi connectivity index (χ3n) is 10.6. The largest absolute Gasteiger partial charge is 0.759 e. The zero-order valence-corrected chi connectivity index (χ0v) is 41.0. The summed E-state index contributed by atoms with van der Waals surface area (Å²) >= 11 is 0. The summed E-state index contributed by atoms with van der Waals surface area (Å²) in [5, 5.41) is 0. The van der Waals surface area contributed by atoms with Gasteiger partial charge in [0, 0.05) is 78.0 Å². The lowest BCUT2D eigenvalue weighted by molar-refractivity contribution is -0.890. The topological polar surface area (TPSA) is 136 Å². The van der Waals surface area contributed by atoms with Crippen molar-refractivity contribution in [3.63, 3.8) is 0 Å². The van der Waals surface area contributed by atoms with Crippen molar-refractivity contribution in [1.82, 2.24) is 0 Å². The molecule has 0 saturated carbocycles. The zero-order valence-electron chi connectivity index (χ0n) is 38.2. The monoisotopic (exact) mass is 849 g/mol. The van der Waals surface area contributed by atoms with Crippen LogP contribution in [0.1, 0.15) is 155 Å². The molecule has 336 valence electrons. The van der Waals surface area contributed by atoms with Gasteiger partial charge in [0.05, 0.1) is 54.4 Å². The SMILES string of the molecule is CCCCCCCCCCCC[N+](C)(C)CCC[Si](OC)(OC)OC.CCCCCCCCCCCC[N+](C)(C)CCC[Si](OC)(OC)OC.O=S(=O)([O-])[O-]. The summed E-state index contributed by atoms with van der Waals surface area (Å²) < 4.78 is 69.3. The van der Waals surface area contributed by atoms with E-state index in [0.29, 0.717) is 0 Å². The van der Waals surface area contributed by atoms with Crippen molar-refractivity contribution in [3.8, 4) is 0 Å². The normalized spacial score (nSPS) is 12.6. The third-order valence-corrected chi connectivity index (χ3v) is 16.3. The molecule has 0 aliphatic rings. The Hall–Kier alpha value is -0.0162. The Morgan fingerprint density at radius 1 is 0.382 bits per heavy atom. The van der Waals surface area contributed by atoms with Crippen molar-refractivity contribution >= 4 is 28.0 Å². The van der Waals surface area contributed by atoms with E-state index in [1.54, 1.807) is 42.7 Å². The molecule has 15 heteroatoms. The number of unbranched alkanes of at least 4 members (excludes halogenated alkanes) is 18. The maximum atomic E-state index is 8.52. The fourth-order valence-corrected chi connectivity index (χ4v) is 10.2. The van der Waals surface area contributed by atoms with E-state index in [2.05, 4.69) is 42.0 Å². The van der Waals surface area contributed by atoms with Crippen LogP contribution in [0.3, 0.4) is 0 Å². The van der Waals surface area contributed by atoms with Gasteiger partial charge in [-0.05, 0) is 25.7 Å². The van der Waals surface area contributed by atoms with E-state index in [1.165, 1.54) is 142 Å². The highest BCUT2D eigenvalue weighted by Crippen LogP contribution is 2.19. The summed E-state index contributed by atoms with van der Waals surface area (Å²) in [5.74, 6) is 0. The van der Waals surface area contributed by atoms with Crippen LogP contribution in [0.25, 0.3) is 0 Å². The lowest BCUT2D eigenvalue weighted by atomic mass is 10.1. The van der Waals surface area contributed by atoms with E-state index in [1.807, 2.05) is 0 Å². The van der Waals surface area contributed by atoms with E-state index in [-0.39, 0.29) is 0 Å². The number of quaternary nitrogens is 2. The van der Waals surface area contributed by atoms with Gasteiger partial charge in [-0.3, -0.25) is 8.42 Å². The molecular weight excluding hydrogens is 757 g/mol. The molecule has 55 heavy (non-hydrogen) atoms. The van der Waals surface area contributed by atoms with Crippen molar-refractivity contribution in [3.05, 3.63) is 0 Å². The molecule has 0 amide bonds. The standard InChI is InChI=1S/2C20H46NO3Si.H2O4S/c2*1-7-8-9-10-11-12-13-14-15-16-18-21(2,3)19-17-20-25(22-4,23-5)24-6;1-5(2,3)4/h2*7-20H2,1-6H3;(H2,1,2,3,4)/q2*+1;/p-2. The number of nitrogens with zero attached hydrogens (tertiary/aromatic N) is 2. The van der Waals surface area contributed by atoms with Gasteiger partial charge in [-0.2, -0.15) is 0 Å². The first kappa shape index (κ1) is 59.3. The summed E-state index contributed by atoms with van der Waals surface area (Å²) in [6.07, 6.45) is 30.2. The lowest BCUT2D eigenvalue weighted by Gasteiger charge is -2.31. The molecule has 0 aromatic carbocycles. The van der Waals surface area contributed by atoms with Crippen molar-refractivity contribution in [2.24, 2.45) is 0 Å². The minimum Gasteiger partial charge on any atom is -0.759 e. The third kappa shape index (κ3) is 40.5. The second-order valence-corrected chi connectivity index (χ2v) is 23.3. The first-order valence-corrected chi connectivity index (χ1v) is 26.7. The van der Waals surface area contributed by atoms with Crippen molar-refractivity contribution in [2.75, 3.05) is 97.0 Å². The molecule has 0 aromatic heterocycles. The lowest BCUT2D eigenvalue weighted by Crippen LogP contribution is -2.45. The van der Waals surface area contributed by atoms with Crippen LogP contribution >= 0.6 is 0 Å². The molecule has 0 aliphatic heterocycles. The highest BCUT2D eigenvalue weighted by molar-refractivity contribution is 7.79. The number of hydrogen-bond acceptors (Lipinski definition) is 10. The highest BCUT2D eigenvalue weighted by atomic mass is 32.3. The fraction of sp³-hybridized carbons (Fsp3) is 1.00. The number of rotatable bonds is 36. The van der Waals surface area contributed by atoms with Gasteiger partial charge in [0.1, 0.15) is 0 Å². The molecule has 0 aliphatic carbocycles. The average Bonchev–Trinajstić information content (AvgIpc) is 3.13. The highest BCUT2D eigenvalue weighted by Gasteiger charge is 2.38. The summed E-state index contributed by atoms with van der Waals surface area (Å²) in [5.41, 5.74) is 0. The van der Waals surface area contributed by atoms with Crippen LogP contribution in [0.2, 0.25) is 12.1 Å². The minimum atomic E-state index is -5.17. The smallest absolute Gasteiger partial charge is 0.500 e. The summed E-state index contributed by atoms with van der Waals surface area (Å²) in [6.45, 7) is 9.40. The molecule has 0 N–H and O–H groups in total. The summed E-state index contributed by atoms with van der Waals surface area (Å²) in [7, 11) is 9.58. The Kier molecular flexibility index (Phi) is 39.9. The van der Waals surface area contributed by atoms with Gasteiger partial charge in [-0.1, -0.05) is 117 Å². The van der Waals surface area contributed by atoms with Crippen LogP contribution < -0.4 is 0 Å². The zero-order chi connectivity index (χ0) is 42.5. The molecule has 0 atom stereocenters. The van der Waals surface area contributed by atoms with Gasteiger partial charge in [-0.25, -0.2) is 0 Å². The Bertz CT molecular complexity index is 843. The van der Waals surface area contributed by atoms with Crippen molar-refractivity contribution in [2.45, 2.75) is 167 Å². The quantitative estimate of drug-likeness (QED) is 0.0198. The molecule has 0 saturated heterocycles. The van der Waals surface area contributed by atoms with Crippen LogP contribution in [-0.4, -0.2) is 141 Å². The molecule has 0 aromatic rings. The maximum absolute atomic E-state index is 8.52.